The molecule has 5 nitrogen and oxygen atoms in total. The van der Waals surface area contributed by atoms with Gasteiger partial charge >= 0.3 is 6.03 Å². The summed E-state index contributed by atoms with van der Waals surface area (Å²) in [5.41, 5.74) is 1.77. The number of aromatic nitrogens is 1. The highest BCUT2D eigenvalue weighted by Gasteiger charge is 2.17. The van der Waals surface area contributed by atoms with Crippen LogP contribution in [0.3, 0.4) is 0 Å². The van der Waals surface area contributed by atoms with Crippen molar-refractivity contribution in [3.8, 4) is 0 Å². The second kappa shape index (κ2) is 4.94. The lowest BCUT2D eigenvalue weighted by molar-refractivity contribution is 0.0564. The highest BCUT2D eigenvalue weighted by Crippen LogP contribution is 2.12. The standard InChI is InChI=1S/C11H15N3O2/c1-9-2-3-12-8-10(9)13-11(15)14-4-6-16-7-5-14/h2-3,8H,4-7H2,1H3,(H,13,15). The van der Waals surface area contributed by atoms with Gasteiger partial charge in [-0.15, -0.1) is 0 Å². The minimum atomic E-state index is -0.0839. The van der Waals surface area contributed by atoms with Crippen LogP contribution in [0.1, 0.15) is 5.56 Å². The van der Waals surface area contributed by atoms with Crippen LogP contribution < -0.4 is 5.32 Å². The third-order valence-electron chi connectivity index (χ3n) is 2.58. The predicted octanol–water partition coefficient (Wildman–Crippen LogP) is 1.25. The molecule has 0 aliphatic carbocycles. The summed E-state index contributed by atoms with van der Waals surface area (Å²) in [5.74, 6) is 0. The molecule has 0 spiro atoms. The monoisotopic (exact) mass is 221 g/mol. The van der Waals surface area contributed by atoms with Crippen molar-refractivity contribution >= 4 is 11.7 Å². The second-order valence-electron chi connectivity index (χ2n) is 3.72. The zero-order chi connectivity index (χ0) is 11.4. The molecule has 86 valence electrons. The summed E-state index contributed by atoms with van der Waals surface area (Å²) in [6.07, 6.45) is 3.37. The molecule has 1 aliphatic rings. The van der Waals surface area contributed by atoms with E-state index in [4.69, 9.17) is 4.74 Å². The SMILES string of the molecule is Cc1ccncc1NC(=O)N1CCOCC1. The molecule has 1 aromatic heterocycles. The Morgan fingerprint density at radius 3 is 2.94 bits per heavy atom. The van der Waals surface area contributed by atoms with Crippen molar-refractivity contribution in [1.29, 1.82) is 0 Å². The molecule has 5 heteroatoms. The van der Waals surface area contributed by atoms with Crippen LogP contribution in [-0.4, -0.2) is 42.2 Å². The van der Waals surface area contributed by atoms with E-state index in [0.717, 1.165) is 11.3 Å². The van der Waals surface area contributed by atoms with E-state index in [-0.39, 0.29) is 6.03 Å². The average Bonchev–Trinajstić information content (AvgIpc) is 2.33. The van der Waals surface area contributed by atoms with Gasteiger partial charge in [-0.25, -0.2) is 4.79 Å². The zero-order valence-electron chi connectivity index (χ0n) is 9.27. The highest BCUT2D eigenvalue weighted by molar-refractivity contribution is 5.89. The van der Waals surface area contributed by atoms with E-state index in [2.05, 4.69) is 10.3 Å². The summed E-state index contributed by atoms with van der Waals surface area (Å²) in [7, 11) is 0. The number of urea groups is 1. The van der Waals surface area contributed by atoms with E-state index >= 15 is 0 Å². The number of rotatable bonds is 1. The fraction of sp³-hybridized carbons (Fsp3) is 0.455. The molecule has 0 saturated carbocycles. The van der Waals surface area contributed by atoms with Crippen LogP contribution in [0.25, 0.3) is 0 Å². The number of carbonyl (C=O) groups excluding carboxylic acids is 1. The van der Waals surface area contributed by atoms with E-state index in [1.54, 1.807) is 17.3 Å². The Morgan fingerprint density at radius 1 is 1.50 bits per heavy atom. The first-order valence-corrected chi connectivity index (χ1v) is 5.31. The van der Waals surface area contributed by atoms with Gasteiger partial charge in [0, 0.05) is 19.3 Å². The number of amides is 2. The Balaban J connectivity index is 1.99. The molecule has 1 saturated heterocycles. The molecule has 2 rings (SSSR count). The summed E-state index contributed by atoms with van der Waals surface area (Å²) in [4.78, 5) is 17.6. The normalized spacial score (nSPS) is 15.9. The van der Waals surface area contributed by atoms with Gasteiger partial charge in [-0.2, -0.15) is 0 Å². The molecule has 16 heavy (non-hydrogen) atoms. The Kier molecular flexibility index (Phi) is 3.36. The number of morpholine rings is 1. The van der Waals surface area contributed by atoms with Gasteiger partial charge < -0.3 is 15.0 Å². The number of nitrogens with one attached hydrogen (secondary N) is 1. The lowest BCUT2D eigenvalue weighted by atomic mass is 10.2. The largest absolute Gasteiger partial charge is 0.378 e. The fourth-order valence-electron chi connectivity index (χ4n) is 1.56. The molecule has 1 aliphatic heterocycles. The Bertz CT molecular complexity index is 375. The number of aryl methyl sites for hydroxylation is 1. The Morgan fingerprint density at radius 2 is 2.25 bits per heavy atom. The molecule has 0 atom stereocenters. The van der Waals surface area contributed by atoms with Gasteiger partial charge in [0.1, 0.15) is 0 Å². The molecule has 0 unspecified atom stereocenters. The number of pyridine rings is 1. The van der Waals surface area contributed by atoms with E-state index in [0.29, 0.717) is 26.3 Å². The summed E-state index contributed by atoms with van der Waals surface area (Å²) < 4.78 is 5.19. The summed E-state index contributed by atoms with van der Waals surface area (Å²) in [5, 5.41) is 2.85. The van der Waals surface area contributed by atoms with Gasteiger partial charge in [-0.1, -0.05) is 0 Å². The lowest BCUT2D eigenvalue weighted by Crippen LogP contribution is -2.43. The molecule has 0 aromatic carbocycles. The van der Waals surface area contributed by atoms with Crippen LogP contribution in [0.4, 0.5) is 10.5 Å². The third-order valence-corrected chi connectivity index (χ3v) is 2.58. The minimum Gasteiger partial charge on any atom is -0.378 e. The smallest absolute Gasteiger partial charge is 0.322 e. The quantitative estimate of drug-likeness (QED) is 0.776. The molecule has 2 heterocycles. The minimum absolute atomic E-state index is 0.0839. The maximum atomic E-state index is 11.9. The van der Waals surface area contributed by atoms with Crippen molar-refractivity contribution in [3.05, 3.63) is 24.0 Å². The first-order chi connectivity index (χ1) is 7.77. The van der Waals surface area contributed by atoms with Gasteiger partial charge in [0.05, 0.1) is 25.1 Å². The van der Waals surface area contributed by atoms with Gasteiger partial charge in [0.15, 0.2) is 0 Å². The third kappa shape index (κ3) is 2.49. The summed E-state index contributed by atoms with van der Waals surface area (Å²) in [6, 6.07) is 1.79. The van der Waals surface area contributed by atoms with E-state index < -0.39 is 0 Å². The van der Waals surface area contributed by atoms with Crippen molar-refractivity contribution < 1.29 is 9.53 Å². The predicted molar refractivity (Wildman–Crippen MR) is 60.4 cm³/mol. The van der Waals surface area contributed by atoms with Crippen LogP contribution in [0.15, 0.2) is 18.5 Å². The van der Waals surface area contributed by atoms with Crippen LogP contribution in [0, 0.1) is 6.92 Å². The van der Waals surface area contributed by atoms with Crippen molar-refractivity contribution in [2.45, 2.75) is 6.92 Å². The molecular formula is C11H15N3O2. The van der Waals surface area contributed by atoms with Crippen molar-refractivity contribution in [3.63, 3.8) is 0 Å². The van der Waals surface area contributed by atoms with E-state index in [1.165, 1.54) is 0 Å². The van der Waals surface area contributed by atoms with Crippen LogP contribution in [0.5, 0.6) is 0 Å². The van der Waals surface area contributed by atoms with Crippen molar-refractivity contribution in [2.75, 3.05) is 31.6 Å². The van der Waals surface area contributed by atoms with Crippen molar-refractivity contribution in [1.82, 2.24) is 9.88 Å². The molecule has 1 fully saturated rings. The number of nitrogens with zero attached hydrogens (tertiary/aromatic N) is 2. The van der Waals surface area contributed by atoms with Crippen molar-refractivity contribution in [2.24, 2.45) is 0 Å². The summed E-state index contributed by atoms with van der Waals surface area (Å²) >= 11 is 0. The summed E-state index contributed by atoms with van der Waals surface area (Å²) in [6.45, 7) is 4.45. The van der Waals surface area contributed by atoms with Crippen LogP contribution in [-0.2, 0) is 4.74 Å². The number of hydrogen-bond acceptors (Lipinski definition) is 3. The number of carbonyl (C=O) groups is 1. The average molecular weight is 221 g/mol. The number of anilines is 1. The van der Waals surface area contributed by atoms with Gasteiger partial charge in [0.25, 0.3) is 0 Å². The van der Waals surface area contributed by atoms with Crippen LogP contribution in [0.2, 0.25) is 0 Å². The first-order valence-electron chi connectivity index (χ1n) is 5.31. The van der Waals surface area contributed by atoms with Gasteiger partial charge in [0.2, 0.25) is 0 Å². The second-order valence-corrected chi connectivity index (χ2v) is 3.72. The first kappa shape index (κ1) is 10.9. The molecule has 2 amide bonds. The number of ether oxygens (including phenoxy) is 1. The van der Waals surface area contributed by atoms with Gasteiger partial charge in [-0.05, 0) is 18.6 Å². The Labute approximate surface area is 94.4 Å². The molecular weight excluding hydrogens is 206 g/mol. The van der Waals surface area contributed by atoms with E-state index in [1.807, 2.05) is 13.0 Å². The molecule has 1 aromatic rings. The Hall–Kier alpha value is -1.62. The molecule has 0 radical (unpaired) electrons. The fourth-order valence-corrected chi connectivity index (χ4v) is 1.56. The molecule has 1 N–H and O–H groups in total. The van der Waals surface area contributed by atoms with E-state index in [9.17, 15) is 4.79 Å². The maximum Gasteiger partial charge on any atom is 0.322 e. The maximum absolute atomic E-state index is 11.9. The molecule has 0 bridgehead atoms. The number of hydrogen-bond donors (Lipinski definition) is 1. The zero-order valence-corrected chi connectivity index (χ0v) is 9.27. The lowest BCUT2D eigenvalue weighted by Gasteiger charge is -2.27. The topological polar surface area (TPSA) is 54.5 Å². The van der Waals surface area contributed by atoms with Gasteiger partial charge in [-0.3, -0.25) is 4.98 Å². The highest BCUT2D eigenvalue weighted by atomic mass is 16.5. The van der Waals surface area contributed by atoms with Crippen LogP contribution >= 0.6 is 0 Å².